The molecule has 0 saturated heterocycles. The van der Waals surface area contributed by atoms with Gasteiger partial charge in [-0.25, -0.2) is 13.2 Å². The van der Waals surface area contributed by atoms with Crippen molar-refractivity contribution >= 4 is 21.7 Å². The Morgan fingerprint density at radius 1 is 1.04 bits per heavy atom. The molecule has 0 heterocycles. The summed E-state index contributed by atoms with van der Waals surface area (Å²) >= 11 is 0. The largest absolute Gasteiger partial charge is 0.452 e. The monoisotopic (exact) mass is 389 g/mol. The highest BCUT2D eigenvalue weighted by molar-refractivity contribution is 7.90. The Balaban J connectivity index is 1.93. The predicted octanol–water partition coefficient (Wildman–Crippen LogP) is 2.90. The first kappa shape index (κ1) is 20.6. The number of amides is 1. The van der Waals surface area contributed by atoms with Crippen molar-refractivity contribution in [3.8, 4) is 0 Å². The molecule has 1 atom stereocenters. The zero-order valence-corrected chi connectivity index (χ0v) is 16.2. The van der Waals surface area contributed by atoms with Gasteiger partial charge < -0.3 is 10.1 Å². The highest BCUT2D eigenvalue weighted by Crippen LogP contribution is 2.18. The van der Waals surface area contributed by atoms with Gasteiger partial charge in [0, 0.05) is 6.26 Å². The van der Waals surface area contributed by atoms with Crippen LogP contribution in [0.3, 0.4) is 0 Å². The molecular weight excluding hydrogens is 366 g/mol. The molecule has 144 valence electrons. The lowest BCUT2D eigenvalue weighted by atomic mass is 10.0. The summed E-state index contributed by atoms with van der Waals surface area (Å²) in [4.78, 5) is 24.3. The summed E-state index contributed by atoms with van der Waals surface area (Å²) in [5.74, 6) is -1.07. The molecule has 0 spiro atoms. The van der Waals surface area contributed by atoms with E-state index in [1.165, 1.54) is 24.3 Å². The second kappa shape index (κ2) is 9.32. The quantitative estimate of drug-likeness (QED) is 0.701. The molecule has 0 aliphatic carbocycles. The number of hydrogen-bond acceptors (Lipinski definition) is 5. The Bertz CT molecular complexity index is 876. The van der Waals surface area contributed by atoms with Gasteiger partial charge in [-0.1, -0.05) is 43.7 Å². The van der Waals surface area contributed by atoms with E-state index in [4.69, 9.17) is 4.74 Å². The third kappa shape index (κ3) is 6.21. The van der Waals surface area contributed by atoms with E-state index in [0.29, 0.717) is 0 Å². The minimum Gasteiger partial charge on any atom is -0.452 e. The molecule has 7 heteroatoms. The van der Waals surface area contributed by atoms with Gasteiger partial charge in [0.1, 0.15) is 0 Å². The van der Waals surface area contributed by atoms with Crippen molar-refractivity contribution in [2.45, 2.75) is 30.7 Å². The number of sulfone groups is 1. The zero-order valence-electron chi connectivity index (χ0n) is 15.3. The van der Waals surface area contributed by atoms with Crippen molar-refractivity contribution in [3.63, 3.8) is 0 Å². The molecule has 1 N–H and O–H groups in total. The maximum absolute atomic E-state index is 12.2. The number of ether oxygens (including phenoxy) is 1. The molecule has 2 rings (SSSR count). The lowest BCUT2D eigenvalue weighted by molar-refractivity contribution is -0.125. The first-order valence-electron chi connectivity index (χ1n) is 8.63. The fraction of sp³-hybridized carbons (Fsp3) is 0.300. The maximum Gasteiger partial charge on any atom is 0.338 e. The molecule has 2 aromatic carbocycles. The summed E-state index contributed by atoms with van der Waals surface area (Å²) in [7, 11) is -3.33. The van der Waals surface area contributed by atoms with Crippen LogP contribution in [0, 0.1) is 0 Å². The normalized spacial score (nSPS) is 12.2. The van der Waals surface area contributed by atoms with E-state index in [2.05, 4.69) is 5.32 Å². The van der Waals surface area contributed by atoms with Crippen LogP contribution < -0.4 is 5.32 Å². The van der Waals surface area contributed by atoms with E-state index in [1.807, 2.05) is 37.3 Å². The van der Waals surface area contributed by atoms with Crippen molar-refractivity contribution in [1.82, 2.24) is 5.32 Å². The predicted molar refractivity (Wildman–Crippen MR) is 102 cm³/mol. The number of hydrogen-bond donors (Lipinski definition) is 1. The van der Waals surface area contributed by atoms with Crippen molar-refractivity contribution < 1.29 is 22.7 Å². The van der Waals surface area contributed by atoms with Crippen LogP contribution in [-0.2, 0) is 19.4 Å². The van der Waals surface area contributed by atoms with Crippen molar-refractivity contribution in [3.05, 3.63) is 65.7 Å². The molecule has 0 saturated carbocycles. The van der Waals surface area contributed by atoms with Gasteiger partial charge in [-0.2, -0.15) is 0 Å². The third-order valence-corrected chi connectivity index (χ3v) is 5.10. The van der Waals surface area contributed by atoms with Crippen LogP contribution >= 0.6 is 0 Å². The molecule has 0 unspecified atom stereocenters. The summed E-state index contributed by atoms with van der Waals surface area (Å²) < 4.78 is 27.9. The highest BCUT2D eigenvalue weighted by Gasteiger charge is 2.16. The van der Waals surface area contributed by atoms with Gasteiger partial charge in [-0.05, 0) is 36.2 Å². The van der Waals surface area contributed by atoms with Crippen LogP contribution in [0.15, 0.2) is 59.5 Å². The van der Waals surface area contributed by atoms with Crippen molar-refractivity contribution in [2.75, 3.05) is 12.9 Å². The standard InChI is InChI=1S/C20H23NO5S/c1-3-7-18(15-8-5-4-6-9-15)21-19(22)14-26-20(23)16-10-12-17(13-11-16)27(2,24)25/h4-6,8-13,18H,3,7,14H2,1-2H3,(H,21,22)/t18-/m0/s1. The van der Waals surface area contributed by atoms with Crippen molar-refractivity contribution in [2.24, 2.45) is 0 Å². The maximum atomic E-state index is 12.2. The van der Waals surface area contributed by atoms with Gasteiger partial charge in [0.2, 0.25) is 0 Å². The van der Waals surface area contributed by atoms with Crippen LogP contribution in [0.25, 0.3) is 0 Å². The van der Waals surface area contributed by atoms with E-state index in [9.17, 15) is 18.0 Å². The molecule has 0 radical (unpaired) electrons. The van der Waals surface area contributed by atoms with Gasteiger partial charge in [0.15, 0.2) is 16.4 Å². The SMILES string of the molecule is CCC[C@H](NC(=O)COC(=O)c1ccc(S(C)(=O)=O)cc1)c1ccccc1. The first-order valence-corrected chi connectivity index (χ1v) is 10.5. The lowest BCUT2D eigenvalue weighted by Crippen LogP contribution is -2.32. The number of nitrogens with one attached hydrogen (secondary N) is 1. The number of carbonyl (C=O) groups is 2. The molecule has 6 nitrogen and oxygen atoms in total. The van der Waals surface area contributed by atoms with Crippen LogP contribution in [0.5, 0.6) is 0 Å². The smallest absolute Gasteiger partial charge is 0.338 e. The van der Waals surface area contributed by atoms with Crippen LogP contribution in [0.1, 0.15) is 41.7 Å². The minimum absolute atomic E-state index is 0.113. The Labute approximate surface area is 159 Å². The molecule has 0 aliphatic rings. The van der Waals surface area contributed by atoms with Crippen molar-refractivity contribution in [1.29, 1.82) is 0 Å². The second-order valence-electron chi connectivity index (χ2n) is 6.19. The van der Waals surface area contributed by atoms with Gasteiger partial charge in [0.05, 0.1) is 16.5 Å². The Hall–Kier alpha value is -2.67. The van der Waals surface area contributed by atoms with E-state index in [-0.39, 0.29) is 16.5 Å². The number of esters is 1. The fourth-order valence-electron chi connectivity index (χ4n) is 2.58. The molecule has 0 fully saturated rings. The van der Waals surface area contributed by atoms with E-state index in [0.717, 1.165) is 24.7 Å². The average molecular weight is 389 g/mol. The first-order chi connectivity index (χ1) is 12.8. The Morgan fingerprint density at radius 2 is 1.67 bits per heavy atom. The summed E-state index contributed by atoms with van der Waals surface area (Å²) in [5.41, 5.74) is 1.18. The number of benzene rings is 2. The van der Waals surface area contributed by atoms with E-state index >= 15 is 0 Å². The van der Waals surface area contributed by atoms with E-state index < -0.39 is 28.3 Å². The van der Waals surface area contributed by atoms with Gasteiger partial charge in [-0.3, -0.25) is 4.79 Å². The van der Waals surface area contributed by atoms with E-state index in [1.54, 1.807) is 0 Å². The molecular formula is C20H23NO5S. The average Bonchev–Trinajstić information content (AvgIpc) is 2.66. The topological polar surface area (TPSA) is 89.5 Å². The van der Waals surface area contributed by atoms with Gasteiger partial charge >= 0.3 is 5.97 Å². The molecule has 0 aromatic heterocycles. The number of carbonyl (C=O) groups excluding carboxylic acids is 2. The zero-order chi connectivity index (χ0) is 19.9. The molecule has 1 amide bonds. The molecule has 0 bridgehead atoms. The van der Waals surface area contributed by atoms with Crippen LogP contribution in [0.2, 0.25) is 0 Å². The Kier molecular flexibility index (Phi) is 7.12. The Morgan fingerprint density at radius 3 is 2.22 bits per heavy atom. The summed E-state index contributed by atoms with van der Waals surface area (Å²) in [5, 5.41) is 2.87. The third-order valence-electron chi connectivity index (χ3n) is 3.97. The van der Waals surface area contributed by atoms with Crippen LogP contribution in [-0.4, -0.2) is 33.2 Å². The highest BCUT2D eigenvalue weighted by atomic mass is 32.2. The minimum atomic E-state index is -3.33. The number of rotatable bonds is 8. The van der Waals surface area contributed by atoms with Gasteiger partial charge in [0.25, 0.3) is 5.91 Å². The summed E-state index contributed by atoms with van der Waals surface area (Å²) in [6.45, 7) is 1.63. The summed E-state index contributed by atoms with van der Waals surface area (Å²) in [6, 6.07) is 14.8. The molecule has 0 aliphatic heterocycles. The molecule has 27 heavy (non-hydrogen) atoms. The van der Waals surface area contributed by atoms with Gasteiger partial charge in [-0.15, -0.1) is 0 Å². The lowest BCUT2D eigenvalue weighted by Gasteiger charge is -2.18. The fourth-order valence-corrected chi connectivity index (χ4v) is 3.22. The van der Waals surface area contributed by atoms with Crippen LogP contribution in [0.4, 0.5) is 0 Å². The molecule has 2 aromatic rings. The second-order valence-corrected chi connectivity index (χ2v) is 8.21. The summed E-state index contributed by atoms with van der Waals surface area (Å²) in [6.07, 6.45) is 2.76.